The average molecular weight is 237 g/mol. The lowest BCUT2D eigenvalue weighted by Crippen LogP contribution is -2.17. The van der Waals surface area contributed by atoms with E-state index < -0.39 is 0 Å². The zero-order chi connectivity index (χ0) is 11.5. The Balaban J connectivity index is 2.28. The Labute approximate surface area is 98.9 Å². The Morgan fingerprint density at radius 3 is 2.88 bits per heavy atom. The SMILES string of the molecule is CNC(c1ccn(C)n1)c1cc(OC)cs1. The number of thiophene rings is 1. The fourth-order valence-corrected chi connectivity index (χ4v) is 2.59. The molecule has 2 aromatic heterocycles. The fraction of sp³-hybridized carbons (Fsp3) is 0.364. The minimum atomic E-state index is 0.134. The molecule has 0 amide bonds. The normalized spacial score (nSPS) is 12.7. The second kappa shape index (κ2) is 4.67. The molecular formula is C11H15N3OS. The molecule has 0 fully saturated rings. The molecule has 0 spiro atoms. The van der Waals surface area contributed by atoms with Crippen LogP contribution in [0.5, 0.6) is 5.75 Å². The van der Waals surface area contributed by atoms with Gasteiger partial charge < -0.3 is 10.1 Å². The first kappa shape index (κ1) is 11.2. The number of hydrogen-bond donors (Lipinski definition) is 1. The Bertz CT molecular complexity index is 463. The quantitative estimate of drug-likeness (QED) is 0.881. The molecule has 0 saturated carbocycles. The van der Waals surface area contributed by atoms with Crippen molar-refractivity contribution in [2.75, 3.05) is 14.2 Å². The smallest absolute Gasteiger partial charge is 0.129 e. The monoisotopic (exact) mass is 237 g/mol. The lowest BCUT2D eigenvalue weighted by Gasteiger charge is -2.11. The molecule has 0 aliphatic heterocycles. The largest absolute Gasteiger partial charge is 0.496 e. The summed E-state index contributed by atoms with van der Waals surface area (Å²) in [6.07, 6.45) is 1.95. The first-order valence-electron chi connectivity index (χ1n) is 5.04. The van der Waals surface area contributed by atoms with Crippen molar-refractivity contribution in [3.05, 3.63) is 34.3 Å². The van der Waals surface area contributed by atoms with E-state index in [0.29, 0.717) is 0 Å². The molecule has 2 heterocycles. The third kappa shape index (κ3) is 2.10. The van der Waals surface area contributed by atoms with Crippen molar-refractivity contribution in [1.29, 1.82) is 0 Å². The molecule has 0 saturated heterocycles. The second-order valence-electron chi connectivity index (χ2n) is 3.52. The highest BCUT2D eigenvalue weighted by molar-refractivity contribution is 7.10. The van der Waals surface area contributed by atoms with E-state index in [9.17, 15) is 0 Å². The van der Waals surface area contributed by atoms with E-state index in [1.807, 2.05) is 42.5 Å². The van der Waals surface area contributed by atoms with E-state index >= 15 is 0 Å². The van der Waals surface area contributed by atoms with Crippen LogP contribution in [0, 0.1) is 0 Å². The van der Waals surface area contributed by atoms with Crippen LogP contribution in [0.3, 0.4) is 0 Å². The van der Waals surface area contributed by atoms with Crippen molar-refractivity contribution < 1.29 is 4.74 Å². The number of nitrogens with zero attached hydrogens (tertiary/aromatic N) is 2. The summed E-state index contributed by atoms with van der Waals surface area (Å²) in [4.78, 5) is 1.21. The summed E-state index contributed by atoms with van der Waals surface area (Å²) in [5, 5.41) is 9.68. The molecule has 1 unspecified atom stereocenters. The third-order valence-electron chi connectivity index (χ3n) is 2.43. The first-order chi connectivity index (χ1) is 7.74. The zero-order valence-corrected chi connectivity index (χ0v) is 10.4. The van der Waals surface area contributed by atoms with E-state index in [2.05, 4.69) is 10.4 Å². The minimum Gasteiger partial charge on any atom is -0.496 e. The number of hydrogen-bond acceptors (Lipinski definition) is 4. The predicted octanol–water partition coefficient (Wildman–Crippen LogP) is 1.80. The van der Waals surface area contributed by atoms with Crippen LogP contribution in [0.1, 0.15) is 16.6 Å². The van der Waals surface area contributed by atoms with Gasteiger partial charge in [0.05, 0.1) is 18.8 Å². The van der Waals surface area contributed by atoms with Crippen LogP contribution in [0.15, 0.2) is 23.7 Å². The molecule has 0 aliphatic rings. The molecule has 0 aliphatic carbocycles. The van der Waals surface area contributed by atoms with Gasteiger partial charge in [0.25, 0.3) is 0 Å². The molecule has 0 aromatic carbocycles. The second-order valence-corrected chi connectivity index (χ2v) is 4.47. The lowest BCUT2D eigenvalue weighted by atomic mass is 10.2. The van der Waals surface area contributed by atoms with Crippen LogP contribution >= 0.6 is 11.3 Å². The summed E-state index contributed by atoms with van der Waals surface area (Å²) in [7, 11) is 5.54. The molecule has 2 aromatic rings. The van der Waals surface area contributed by atoms with Gasteiger partial charge in [-0.25, -0.2) is 0 Å². The number of aromatic nitrogens is 2. The number of aryl methyl sites for hydroxylation is 1. The van der Waals surface area contributed by atoms with Crippen molar-refractivity contribution in [2.24, 2.45) is 7.05 Å². The summed E-state index contributed by atoms with van der Waals surface area (Å²) in [5.74, 6) is 0.899. The molecule has 2 rings (SSSR count). The minimum absolute atomic E-state index is 0.134. The molecular weight excluding hydrogens is 222 g/mol. The number of ether oxygens (including phenoxy) is 1. The molecule has 5 heteroatoms. The lowest BCUT2D eigenvalue weighted by molar-refractivity contribution is 0.416. The summed E-state index contributed by atoms with van der Waals surface area (Å²) in [6.45, 7) is 0. The maximum absolute atomic E-state index is 5.19. The van der Waals surface area contributed by atoms with Gasteiger partial charge in [-0.05, 0) is 19.2 Å². The van der Waals surface area contributed by atoms with Crippen LogP contribution < -0.4 is 10.1 Å². The highest BCUT2D eigenvalue weighted by Gasteiger charge is 2.16. The van der Waals surface area contributed by atoms with Gasteiger partial charge in [0.2, 0.25) is 0 Å². The average Bonchev–Trinajstić information content (AvgIpc) is 2.89. The van der Waals surface area contributed by atoms with Crippen LogP contribution in [0.4, 0.5) is 0 Å². The predicted molar refractivity (Wildman–Crippen MR) is 65.0 cm³/mol. The maximum Gasteiger partial charge on any atom is 0.129 e. The fourth-order valence-electron chi connectivity index (χ4n) is 1.62. The van der Waals surface area contributed by atoms with Crippen molar-refractivity contribution in [2.45, 2.75) is 6.04 Å². The third-order valence-corrected chi connectivity index (χ3v) is 3.41. The van der Waals surface area contributed by atoms with Crippen LogP contribution in [-0.4, -0.2) is 23.9 Å². The Hall–Kier alpha value is -1.33. The van der Waals surface area contributed by atoms with Crippen molar-refractivity contribution >= 4 is 11.3 Å². The maximum atomic E-state index is 5.19. The number of nitrogens with one attached hydrogen (secondary N) is 1. The van der Waals surface area contributed by atoms with Gasteiger partial charge in [-0.2, -0.15) is 5.10 Å². The topological polar surface area (TPSA) is 39.1 Å². The van der Waals surface area contributed by atoms with Crippen molar-refractivity contribution in [3.63, 3.8) is 0 Å². The molecule has 4 nitrogen and oxygen atoms in total. The summed E-state index contributed by atoms with van der Waals surface area (Å²) in [6, 6.07) is 4.20. The molecule has 0 radical (unpaired) electrons. The van der Waals surface area contributed by atoms with Crippen LogP contribution in [-0.2, 0) is 7.05 Å². The molecule has 1 atom stereocenters. The molecule has 86 valence electrons. The summed E-state index contributed by atoms with van der Waals surface area (Å²) >= 11 is 1.67. The molecule has 1 N–H and O–H groups in total. The van der Waals surface area contributed by atoms with Gasteiger partial charge in [0.15, 0.2) is 0 Å². The highest BCUT2D eigenvalue weighted by atomic mass is 32.1. The standard InChI is InChI=1S/C11H15N3OS/c1-12-11(9-4-5-14(2)13-9)10-6-8(15-3)7-16-10/h4-7,11-12H,1-3H3. The Morgan fingerprint density at radius 1 is 1.56 bits per heavy atom. The highest BCUT2D eigenvalue weighted by Crippen LogP contribution is 2.29. The van der Waals surface area contributed by atoms with Gasteiger partial charge in [-0.15, -0.1) is 11.3 Å². The number of methoxy groups -OCH3 is 1. The van der Waals surface area contributed by atoms with E-state index in [0.717, 1.165) is 11.4 Å². The molecule has 0 bridgehead atoms. The van der Waals surface area contributed by atoms with Crippen molar-refractivity contribution in [3.8, 4) is 5.75 Å². The number of rotatable bonds is 4. The van der Waals surface area contributed by atoms with E-state index in [1.54, 1.807) is 18.4 Å². The van der Waals surface area contributed by atoms with Crippen molar-refractivity contribution in [1.82, 2.24) is 15.1 Å². The van der Waals surface area contributed by atoms with Gasteiger partial charge >= 0.3 is 0 Å². The Morgan fingerprint density at radius 2 is 2.38 bits per heavy atom. The molecule has 16 heavy (non-hydrogen) atoms. The van der Waals surface area contributed by atoms with Gasteiger partial charge in [-0.1, -0.05) is 0 Å². The zero-order valence-electron chi connectivity index (χ0n) is 9.60. The van der Waals surface area contributed by atoms with Gasteiger partial charge in [0, 0.05) is 23.5 Å². The van der Waals surface area contributed by atoms with Gasteiger partial charge in [-0.3, -0.25) is 4.68 Å². The first-order valence-corrected chi connectivity index (χ1v) is 5.91. The van der Waals surface area contributed by atoms with Crippen LogP contribution in [0.25, 0.3) is 0 Å². The Kier molecular flexibility index (Phi) is 3.26. The summed E-state index contributed by atoms with van der Waals surface area (Å²) in [5.41, 5.74) is 1.02. The summed E-state index contributed by atoms with van der Waals surface area (Å²) < 4.78 is 7.00. The van der Waals surface area contributed by atoms with Crippen LogP contribution in [0.2, 0.25) is 0 Å². The van der Waals surface area contributed by atoms with E-state index in [1.165, 1.54) is 4.88 Å². The van der Waals surface area contributed by atoms with E-state index in [4.69, 9.17) is 4.74 Å². The van der Waals surface area contributed by atoms with Gasteiger partial charge in [0.1, 0.15) is 5.75 Å². The van der Waals surface area contributed by atoms with E-state index in [-0.39, 0.29) is 6.04 Å².